The van der Waals surface area contributed by atoms with Gasteiger partial charge in [-0.2, -0.15) is 0 Å². The highest BCUT2D eigenvalue weighted by Gasteiger charge is 2.34. The minimum absolute atomic E-state index is 0.0195. The second-order valence-corrected chi connectivity index (χ2v) is 9.06. The number of amides is 2. The van der Waals surface area contributed by atoms with Crippen LogP contribution < -0.4 is 5.32 Å². The maximum atomic E-state index is 12.8. The van der Waals surface area contributed by atoms with Crippen LogP contribution in [0.1, 0.15) is 35.9 Å². The number of hydrogen-bond donors (Lipinski definition) is 1. The third kappa shape index (κ3) is 4.99. The minimum atomic E-state index is -0.378. The number of aryl methyl sites for hydroxylation is 2. The number of carbonyl (C=O) groups excluding carboxylic acids is 2. The monoisotopic (exact) mass is 434 g/mol. The Balaban J connectivity index is 1.40. The van der Waals surface area contributed by atoms with Crippen LogP contribution in [0.3, 0.4) is 0 Å². The van der Waals surface area contributed by atoms with Gasteiger partial charge in [-0.25, -0.2) is 4.98 Å². The fraction of sp³-hybridized carbons (Fsp3) is 0.333. The van der Waals surface area contributed by atoms with Crippen molar-refractivity contribution in [2.45, 2.75) is 39.7 Å². The van der Waals surface area contributed by atoms with E-state index in [4.69, 9.17) is 0 Å². The van der Waals surface area contributed by atoms with Gasteiger partial charge in [0.2, 0.25) is 11.8 Å². The average molecular weight is 435 g/mol. The van der Waals surface area contributed by atoms with Crippen molar-refractivity contribution in [3.63, 3.8) is 0 Å². The second kappa shape index (κ2) is 9.39. The Morgan fingerprint density at radius 3 is 2.74 bits per heavy atom. The van der Waals surface area contributed by atoms with E-state index in [9.17, 15) is 9.59 Å². The first-order chi connectivity index (χ1) is 15.0. The molecule has 0 radical (unpaired) electrons. The van der Waals surface area contributed by atoms with Crippen molar-refractivity contribution in [3.05, 3.63) is 64.8 Å². The van der Waals surface area contributed by atoms with Crippen molar-refractivity contribution in [2.24, 2.45) is 5.92 Å². The molecule has 3 heterocycles. The molecule has 0 saturated carbocycles. The first kappa shape index (κ1) is 21.2. The number of rotatable bonds is 7. The lowest BCUT2D eigenvalue weighted by Gasteiger charge is -2.15. The summed E-state index contributed by atoms with van der Waals surface area (Å²) in [6.07, 6.45) is 4.11. The summed E-state index contributed by atoms with van der Waals surface area (Å²) in [5, 5.41) is 3.50. The van der Waals surface area contributed by atoms with E-state index in [1.54, 1.807) is 11.1 Å². The van der Waals surface area contributed by atoms with Crippen LogP contribution >= 0.6 is 11.3 Å². The van der Waals surface area contributed by atoms with E-state index < -0.39 is 0 Å². The highest BCUT2D eigenvalue weighted by atomic mass is 32.1. The van der Waals surface area contributed by atoms with Gasteiger partial charge < -0.3 is 10.2 Å². The average Bonchev–Trinajstić information content (AvgIpc) is 3.32. The summed E-state index contributed by atoms with van der Waals surface area (Å²) in [6.45, 7) is 5.01. The van der Waals surface area contributed by atoms with E-state index in [0.29, 0.717) is 18.2 Å². The standard InChI is InChI=1S/C24H26N4O2S/c1-3-6-17-8-10-18(11-9-17)22-16(2)31-24(26-22)27-23(30)19-13-21(29)28(14-19)15-20-7-4-5-12-25-20/h4-5,7-12,19H,3,6,13-15H2,1-2H3,(H,26,27,30). The molecule has 31 heavy (non-hydrogen) atoms. The van der Waals surface area contributed by atoms with Crippen LogP contribution in [0.15, 0.2) is 48.7 Å². The summed E-state index contributed by atoms with van der Waals surface area (Å²) < 4.78 is 0. The molecule has 6 nitrogen and oxygen atoms in total. The number of likely N-dealkylation sites (tertiary alicyclic amines) is 1. The van der Waals surface area contributed by atoms with E-state index in [1.165, 1.54) is 16.9 Å². The number of aromatic nitrogens is 2. The van der Waals surface area contributed by atoms with Gasteiger partial charge in [0, 0.05) is 29.6 Å². The molecule has 1 unspecified atom stereocenters. The van der Waals surface area contributed by atoms with Gasteiger partial charge in [0.15, 0.2) is 5.13 Å². The summed E-state index contributed by atoms with van der Waals surface area (Å²) in [5.41, 5.74) is 4.07. The number of nitrogens with zero attached hydrogens (tertiary/aromatic N) is 3. The molecular formula is C24H26N4O2S. The Bertz CT molecular complexity index is 1060. The summed E-state index contributed by atoms with van der Waals surface area (Å²) in [6, 6.07) is 14.1. The lowest BCUT2D eigenvalue weighted by Crippen LogP contribution is -2.28. The molecule has 1 aromatic carbocycles. The fourth-order valence-electron chi connectivity index (χ4n) is 3.83. The highest BCUT2D eigenvalue weighted by molar-refractivity contribution is 7.16. The van der Waals surface area contributed by atoms with Crippen molar-refractivity contribution in [1.82, 2.24) is 14.9 Å². The van der Waals surface area contributed by atoms with Crippen LogP contribution in [0, 0.1) is 12.8 Å². The van der Waals surface area contributed by atoms with Crippen molar-refractivity contribution in [3.8, 4) is 11.3 Å². The van der Waals surface area contributed by atoms with Gasteiger partial charge in [-0.1, -0.05) is 43.7 Å². The van der Waals surface area contributed by atoms with Gasteiger partial charge >= 0.3 is 0 Å². The van der Waals surface area contributed by atoms with E-state index in [2.05, 4.69) is 46.5 Å². The van der Waals surface area contributed by atoms with E-state index in [1.807, 2.05) is 25.1 Å². The molecule has 1 aliphatic heterocycles. The first-order valence-electron chi connectivity index (χ1n) is 10.6. The molecule has 0 spiro atoms. The summed E-state index contributed by atoms with van der Waals surface area (Å²) >= 11 is 1.46. The molecule has 7 heteroatoms. The normalized spacial score (nSPS) is 16.0. The van der Waals surface area contributed by atoms with Crippen LogP contribution in [0.4, 0.5) is 5.13 Å². The third-order valence-corrected chi connectivity index (χ3v) is 6.34. The quantitative estimate of drug-likeness (QED) is 0.596. The number of pyridine rings is 1. The van der Waals surface area contributed by atoms with Gasteiger partial charge in [0.25, 0.3) is 0 Å². The van der Waals surface area contributed by atoms with Crippen molar-refractivity contribution in [2.75, 3.05) is 11.9 Å². The van der Waals surface area contributed by atoms with Crippen molar-refractivity contribution >= 4 is 28.3 Å². The first-order valence-corrected chi connectivity index (χ1v) is 11.4. The largest absolute Gasteiger partial charge is 0.336 e. The zero-order chi connectivity index (χ0) is 21.8. The lowest BCUT2D eigenvalue weighted by atomic mass is 10.1. The van der Waals surface area contributed by atoms with Crippen LogP contribution in [-0.2, 0) is 22.6 Å². The Morgan fingerprint density at radius 1 is 1.23 bits per heavy atom. The Labute approximate surface area is 186 Å². The molecule has 0 aliphatic carbocycles. The van der Waals surface area contributed by atoms with Gasteiger partial charge in [-0.05, 0) is 31.0 Å². The smallest absolute Gasteiger partial charge is 0.231 e. The van der Waals surface area contributed by atoms with E-state index >= 15 is 0 Å². The van der Waals surface area contributed by atoms with Gasteiger partial charge in [-0.3, -0.25) is 14.6 Å². The molecule has 1 saturated heterocycles. The number of carbonyl (C=O) groups is 2. The highest BCUT2D eigenvalue weighted by Crippen LogP contribution is 2.31. The molecule has 2 aromatic heterocycles. The topological polar surface area (TPSA) is 75.2 Å². The lowest BCUT2D eigenvalue weighted by molar-refractivity contribution is -0.128. The van der Waals surface area contributed by atoms with E-state index in [-0.39, 0.29) is 24.2 Å². The zero-order valence-corrected chi connectivity index (χ0v) is 18.6. The molecule has 1 aliphatic rings. The molecule has 3 aromatic rings. The Hall–Kier alpha value is -3.06. The third-order valence-electron chi connectivity index (χ3n) is 5.46. The van der Waals surface area contributed by atoms with Gasteiger partial charge in [0.05, 0.1) is 23.9 Å². The van der Waals surface area contributed by atoms with Crippen LogP contribution in [0.5, 0.6) is 0 Å². The molecule has 160 valence electrons. The maximum absolute atomic E-state index is 12.8. The van der Waals surface area contributed by atoms with Crippen LogP contribution in [-0.4, -0.2) is 33.2 Å². The van der Waals surface area contributed by atoms with Crippen molar-refractivity contribution in [1.29, 1.82) is 0 Å². The Kier molecular flexibility index (Phi) is 6.42. The fourth-order valence-corrected chi connectivity index (χ4v) is 4.67. The predicted molar refractivity (Wildman–Crippen MR) is 123 cm³/mol. The summed E-state index contributed by atoms with van der Waals surface area (Å²) in [4.78, 5) is 36.8. The predicted octanol–water partition coefficient (Wildman–Crippen LogP) is 4.45. The number of anilines is 1. The Morgan fingerprint density at radius 2 is 2.03 bits per heavy atom. The van der Waals surface area contributed by atoms with Crippen LogP contribution in [0.2, 0.25) is 0 Å². The molecule has 4 rings (SSSR count). The molecule has 1 atom stereocenters. The van der Waals surface area contributed by atoms with Crippen LogP contribution in [0.25, 0.3) is 11.3 Å². The number of thiazole rings is 1. The molecular weight excluding hydrogens is 408 g/mol. The zero-order valence-electron chi connectivity index (χ0n) is 17.8. The second-order valence-electron chi connectivity index (χ2n) is 7.86. The molecule has 2 amide bonds. The maximum Gasteiger partial charge on any atom is 0.231 e. The molecule has 0 bridgehead atoms. The minimum Gasteiger partial charge on any atom is -0.336 e. The SMILES string of the molecule is CCCc1ccc(-c2nc(NC(=O)C3CC(=O)N(Cc4ccccn4)C3)sc2C)cc1. The summed E-state index contributed by atoms with van der Waals surface area (Å²) in [7, 11) is 0. The number of hydrogen-bond acceptors (Lipinski definition) is 5. The number of nitrogens with one attached hydrogen (secondary N) is 1. The van der Waals surface area contributed by atoms with Gasteiger partial charge in [-0.15, -0.1) is 11.3 Å². The van der Waals surface area contributed by atoms with E-state index in [0.717, 1.165) is 34.7 Å². The summed E-state index contributed by atoms with van der Waals surface area (Å²) in [5.74, 6) is -0.554. The van der Waals surface area contributed by atoms with Crippen molar-refractivity contribution < 1.29 is 9.59 Å². The number of benzene rings is 1. The molecule has 1 N–H and O–H groups in total. The molecule has 1 fully saturated rings. The van der Waals surface area contributed by atoms with Gasteiger partial charge in [0.1, 0.15) is 0 Å².